The van der Waals surface area contributed by atoms with Gasteiger partial charge < -0.3 is 9.05 Å². The van der Waals surface area contributed by atoms with Crippen molar-refractivity contribution in [2.45, 2.75) is 25.3 Å². The fourth-order valence-electron chi connectivity index (χ4n) is 17.7. The molecule has 690 valence electrons. The van der Waals surface area contributed by atoms with Crippen LogP contribution < -0.4 is 0 Å². The number of halogens is 7. The van der Waals surface area contributed by atoms with Gasteiger partial charge in [-0.25, -0.2) is 0 Å². The molecular formula is C130H98Br7O3P. The van der Waals surface area contributed by atoms with E-state index in [1.54, 1.807) is 0 Å². The van der Waals surface area contributed by atoms with Gasteiger partial charge in [-0.15, -0.1) is 0 Å². The molecule has 0 aliphatic rings. The summed E-state index contributed by atoms with van der Waals surface area (Å²) in [4.78, 5) is 0. The quantitative estimate of drug-likeness (QED) is 0.0350. The summed E-state index contributed by atoms with van der Waals surface area (Å²) in [5, 5.41) is 21.0. The first-order valence-electron chi connectivity index (χ1n) is 46.8. The minimum atomic E-state index is -2.97. The van der Waals surface area contributed by atoms with Crippen LogP contribution in [0.5, 0.6) is 0 Å². The summed E-state index contributed by atoms with van der Waals surface area (Å²) >= 11 is 24.7. The molecule has 0 saturated carbocycles. The van der Waals surface area contributed by atoms with Crippen LogP contribution in [0, 0.1) is 0 Å². The summed E-state index contributed by atoms with van der Waals surface area (Å²) in [7, 11) is -2.97. The molecule has 0 aliphatic carbocycles. The van der Waals surface area contributed by atoms with E-state index in [4.69, 9.17) is 9.05 Å². The molecule has 22 rings (SSSR count). The molecule has 141 heavy (non-hydrogen) atoms. The lowest BCUT2D eigenvalue weighted by molar-refractivity contribution is 0.219. The molecule has 0 atom stereocenters. The van der Waals surface area contributed by atoms with Gasteiger partial charge in [0, 0.05) is 32.2 Å². The van der Waals surface area contributed by atoms with Gasteiger partial charge in [-0.3, -0.25) is 4.57 Å². The lowest BCUT2D eigenvalue weighted by Crippen LogP contribution is -1.98. The van der Waals surface area contributed by atoms with E-state index >= 15 is 0 Å². The Morgan fingerprint density at radius 1 is 0.199 bits per heavy atom. The van der Waals surface area contributed by atoms with E-state index in [1.165, 1.54) is 181 Å². The lowest BCUT2D eigenvalue weighted by atomic mass is 9.81. The van der Waals surface area contributed by atoms with Crippen LogP contribution in [0.25, 0.3) is 179 Å². The summed E-state index contributed by atoms with van der Waals surface area (Å²) in [6, 6.07) is 163. The fourth-order valence-corrected chi connectivity index (χ4v) is 22.2. The Hall–Kier alpha value is -12.6. The fraction of sp³-hybridized carbons (Fsp3) is 0.0462. The molecule has 3 nitrogen and oxygen atoms in total. The molecule has 0 amide bonds. The number of alkyl halides is 1. The van der Waals surface area contributed by atoms with Crippen LogP contribution >= 0.6 is 119 Å². The third-order valence-electron chi connectivity index (χ3n) is 24.3. The van der Waals surface area contributed by atoms with Gasteiger partial charge in [0.25, 0.3) is 0 Å². The highest BCUT2D eigenvalue weighted by Crippen LogP contribution is 2.54. The van der Waals surface area contributed by atoms with E-state index in [-0.39, 0.29) is 0 Å². The van der Waals surface area contributed by atoms with Crippen molar-refractivity contribution >= 4 is 254 Å². The largest absolute Gasteiger partial charge is 0.335 e. The Kier molecular flexibility index (Phi) is 34.9. The van der Waals surface area contributed by atoms with Gasteiger partial charge in [-0.1, -0.05) is 541 Å². The molecule has 0 aliphatic heterocycles. The molecule has 0 bridgehead atoms. The molecule has 0 aromatic heterocycles. The molecule has 0 unspecified atom stereocenters. The van der Waals surface area contributed by atoms with Gasteiger partial charge in [0.2, 0.25) is 0 Å². The summed E-state index contributed by atoms with van der Waals surface area (Å²) in [5.74, 6) is 0. The van der Waals surface area contributed by atoms with E-state index in [2.05, 4.69) is 524 Å². The average Bonchev–Trinajstić information content (AvgIpc) is 0.716. The standard InChI is InChI=1S/C56H38.C28H16Br2.2C14H11Br.C11H16BrO3P.C7H6Br2/c1-3-15-39(16-4-1)27-29-41-31-35-43(36-32-41)53-45-19-7-11-23-49(45)55(50-24-12-8-20-46(50)53)56-51-25-13-9-21-47(51)54(48-22-10-14-26-52(48)56)44-37-33-42(34-38-44)30-28-40-17-5-2-6-18-40;29-27-21-13-5-1-9-17(21)25(18-10-2-6-14-22(18)27)26-19-11-3-7-15-23(19)28(30)24-16-8-4-12-20(24)26;2*15-14-10-8-13(9-11-14)7-6-12-4-2-1-3-5-12;1-3-14-16(13,15-4-2)9-10-5-7-11(12)8-6-10;8-5-6-1-3-7(9)4-2-6/h1-38H;1-16H;2*1-11H;5-8H,3-4,9H2,1-2H3;1-4H,5H2/b29-27+,30-28+;;2*7-6+;;. The first kappa shape index (κ1) is 99.9. The smallest absolute Gasteiger partial charge is 0.309 e. The first-order chi connectivity index (χ1) is 69.2. The van der Waals surface area contributed by atoms with Crippen molar-refractivity contribution in [3.05, 3.63) is 544 Å². The van der Waals surface area contributed by atoms with Gasteiger partial charge in [-0.2, -0.15) is 0 Å². The van der Waals surface area contributed by atoms with Gasteiger partial charge in [-0.05, 0) is 281 Å². The Morgan fingerprint density at radius 3 is 0.582 bits per heavy atom. The van der Waals surface area contributed by atoms with Gasteiger partial charge in [0.15, 0.2) is 0 Å². The number of rotatable bonds is 19. The molecule has 0 fully saturated rings. The topological polar surface area (TPSA) is 35.5 Å². The van der Waals surface area contributed by atoms with Gasteiger partial charge in [0.05, 0.1) is 19.4 Å². The summed E-state index contributed by atoms with van der Waals surface area (Å²) in [6.45, 7) is 4.42. The van der Waals surface area contributed by atoms with Crippen molar-refractivity contribution < 1.29 is 13.6 Å². The lowest BCUT2D eigenvalue weighted by Gasteiger charge is -2.22. The van der Waals surface area contributed by atoms with Crippen molar-refractivity contribution in [3.63, 3.8) is 0 Å². The second-order valence-electron chi connectivity index (χ2n) is 33.6. The predicted octanol–water partition coefficient (Wildman–Crippen LogP) is 41.9. The molecule has 22 aromatic carbocycles. The zero-order valence-corrected chi connectivity index (χ0v) is 89.6. The molecule has 22 aromatic rings. The van der Waals surface area contributed by atoms with Crippen LogP contribution in [0.15, 0.2) is 488 Å². The zero-order chi connectivity index (χ0) is 97.2. The van der Waals surface area contributed by atoms with E-state index in [1.807, 2.05) is 111 Å². The highest BCUT2D eigenvalue weighted by molar-refractivity contribution is 9.11. The molecule has 0 spiro atoms. The Bertz CT molecular complexity index is 7560. The summed E-state index contributed by atoms with van der Waals surface area (Å²) in [6.07, 6.45) is 17.5. The normalized spacial score (nSPS) is 11.4. The minimum absolute atomic E-state index is 0.321. The van der Waals surface area contributed by atoms with E-state index in [9.17, 15) is 4.57 Å². The van der Waals surface area contributed by atoms with Crippen LogP contribution in [0.3, 0.4) is 0 Å². The number of benzene rings is 22. The van der Waals surface area contributed by atoms with Crippen LogP contribution in [0.2, 0.25) is 0 Å². The Labute approximate surface area is 885 Å². The highest BCUT2D eigenvalue weighted by atomic mass is 79.9. The number of hydrogen-bond donors (Lipinski definition) is 0. The second-order valence-corrected chi connectivity index (χ2v) is 41.4. The Morgan fingerprint density at radius 2 is 0.369 bits per heavy atom. The van der Waals surface area contributed by atoms with Crippen LogP contribution in [0.1, 0.15) is 69.5 Å². The molecule has 0 radical (unpaired) electrons. The van der Waals surface area contributed by atoms with Crippen molar-refractivity contribution in [1.82, 2.24) is 0 Å². The van der Waals surface area contributed by atoms with Gasteiger partial charge >= 0.3 is 7.60 Å². The molecule has 0 heterocycles. The molecular weight excluding hydrogens is 2200 g/mol. The third-order valence-corrected chi connectivity index (χ3v) is 30.8. The maximum Gasteiger partial charge on any atom is 0.335 e. The minimum Gasteiger partial charge on any atom is -0.309 e. The third kappa shape index (κ3) is 25.1. The first-order valence-corrected chi connectivity index (χ1v) is 54.4. The predicted molar refractivity (Wildman–Crippen MR) is 635 cm³/mol. The maximum absolute atomic E-state index is 12.2. The molecule has 11 heteroatoms. The SMILES string of the molecule is BrCc1ccc(Br)cc1.Brc1c2ccccc2c(-c2c3ccccc3c(Br)c3ccccc23)c2ccccc12.Brc1ccc(/C=C/c2ccccc2)cc1.Brc1ccc(/C=C/c2ccccc2)cc1.C(=C\c1ccc(-c2c3ccccc3c(-c3c4ccccc4c(-c4ccc(/C=C/c5ccccc5)cc4)c4ccccc34)c3ccccc23)cc1)/c1ccccc1.CCOP(=O)(Cc1ccc(Br)cc1)OCC. The number of hydrogen-bond acceptors (Lipinski definition) is 3. The van der Waals surface area contributed by atoms with E-state index in [0.717, 1.165) is 37.7 Å². The van der Waals surface area contributed by atoms with Crippen molar-refractivity contribution in [3.8, 4) is 44.5 Å². The maximum atomic E-state index is 12.2. The molecule has 0 saturated heterocycles. The van der Waals surface area contributed by atoms with E-state index < -0.39 is 7.60 Å². The van der Waals surface area contributed by atoms with Crippen LogP contribution in [0.4, 0.5) is 0 Å². The Balaban J connectivity index is 0.000000133. The summed E-state index contributed by atoms with van der Waals surface area (Å²) in [5.41, 5.74) is 22.0. The van der Waals surface area contributed by atoms with Crippen LogP contribution in [-0.4, -0.2) is 13.2 Å². The van der Waals surface area contributed by atoms with Gasteiger partial charge in [0.1, 0.15) is 0 Å². The van der Waals surface area contributed by atoms with Crippen molar-refractivity contribution in [1.29, 1.82) is 0 Å². The summed E-state index contributed by atoms with van der Waals surface area (Å²) < 4.78 is 29.3. The van der Waals surface area contributed by atoms with Crippen molar-refractivity contribution in [2.24, 2.45) is 0 Å². The van der Waals surface area contributed by atoms with Crippen LogP contribution in [-0.2, 0) is 25.1 Å². The monoisotopic (exact) mass is 2290 g/mol. The van der Waals surface area contributed by atoms with E-state index in [0.29, 0.717) is 19.4 Å². The van der Waals surface area contributed by atoms with Crippen molar-refractivity contribution in [2.75, 3.05) is 13.2 Å². The molecule has 0 N–H and O–H groups in total. The highest BCUT2D eigenvalue weighted by Gasteiger charge is 2.26. The average molecular weight is 2300 g/mol. The number of fused-ring (bicyclic) bond motifs is 8. The zero-order valence-electron chi connectivity index (χ0n) is 77.6. The second kappa shape index (κ2) is 49.2.